The minimum atomic E-state index is -1.99. The number of amides is 2. The van der Waals surface area contributed by atoms with Crippen LogP contribution in [0, 0.1) is 6.92 Å². The molecule has 0 bridgehead atoms. The summed E-state index contributed by atoms with van der Waals surface area (Å²) >= 11 is 1.64. The van der Waals surface area contributed by atoms with Crippen LogP contribution in [0.15, 0.2) is 18.2 Å². The van der Waals surface area contributed by atoms with Crippen molar-refractivity contribution in [1.82, 2.24) is 5.32 Å². The third-order valence-corrected chi connectivity index (χ3v) is 5.87. The van der Waals surface area contributed by atoms with E-state index in [0.717, 1.165) is 5.56 Å². The molecule has 25 heavy (non-hydrogen) atoms. The van der Waals surface area contributed by atoms with Crippen LogP contribution in [0.1, 0.15) is 30.4 Å². The highest BCUT2D eigenvalue weighted by Gasteiger charge is 2.49. The lowest BCUT2D eigenvalue weighted by atomic mass is 9.88. The van der Waals surface area contributed by atoms with Crippen molar-refractivity contribution in [2.24, 2.45) is 0 Å². The summed E-state index contributed by atoms with van der Waals surface area (Å²) in [4.78, 5) is 36.5. The van der Waals surface area contributed by atoms with Crippen LogP contribution >= 0.6 is 11.8 Å². The van der Waals surface area contributed by atoms with Gasteiger partial charge in [0, 0.05) is 5.56 Å². The minimum Gasteiger partial charge on any atom is -0.480 e. The zero-order valence-corrected chi connectivity index (χ0v) is 14.6. The summed E-state index contributed by atoms with van der Waals surface area (Å²) in [7, 11) is 0. The predicted octanol–water partition coefficient (Wildman–Crippen LogP) is 0.991. The molecule has 2 aliphatic rings. The molecule has 0 radical (unpaired) electrons. The van der Waals surface area contributed by atoms with Gasteiger partial charge in [-0.1, -0.05) is 18.2 Å². The second kappa shape index (κ2) is 6.34. The topological polar surface area (TPSA) is 116 Å². The molecule has 7 nitrogen and oxygen atoms in total. The molecule has 2 heterocycles. The number of carbonyl (C=O) groups excluding carboxylic acids is 2. The number of carbonyl (C=O) groups is 3. The predicted molar refractivity (Wildman–Crippen MR) is 93.4 cm³/mol. The second-order valence-corrected chi connectivity index (χ2v) is 7.76. The summed E-state index contributed by atoms with van der Waals surface area (Å²) in [5, 5.41) is 25.5. The van der Waals surface area contributed by atoms with Gasteiger partial charge in [0.1, 0.15) is 5.54 Å². The van der Waals surface area contributed by atoms with Crippen LogP contribution in [-0.2, 0) is 20.0 Å². The summed E-state index contributed by atoms with van der Waals surface area (Å²) in [6.07, 6.45) is 0.121. The van der Waals surface area contributed by atoms with E-state index in [1.807, 2.05) is 0 Å². The Bertz CT molecular complexity index is 745. The van der Waals surface area contributed by atoms with Gasteiger partial charge in [0.25, 0.3) is 5.91 Å². The molecule has 4 N–H and O–H groups in total. The molecule has 2 aliphatic heterocycles. The fourth-order valence-electron chi connectivity index (χ4n) is 3.35. The van der Waals surface area contributed by atoms with Crippen molar-refractivity contribution < 1.29 is 24.6 Å². The molecular weight excluding hydrogens is 344 g/mol. The maximum absolute atomic E-state index is 12.5. The van der Waals surface area contributed by atoms with Crippen LogP contribution in [0.25, 0.3) is 0 Å². The zero-order chi connectivity index (χ0) is 18.2. The number of anilines is 1. The van der Waals surface area contributed by atoms with Crippen LogP contribution in [0.3, 0.4) is 0 Å². The van der Waals surface area contributed by atoms with Gasteiger partial charge in [-0.05, 0) is 36.8 Å². The number of carboxylic acids is 1. The molecule has 8 heteroatoms. The van der Waals surface area contributed by atoms with Gasteiger partial charge in [0.05, 0.1) is 12.1 Å². The van der Waals surface area contributed by atoms with Crippen molar-refractivity contribution in [3.63, 3.8) is 0 Å². The summed E-state index contributed by atoms with van der Waals surface area (Å²) in [6, 6.07) is 5.09. The molecule has 1 unspecified atom stereocenters. The number of aryl methyl sites for hydroxylation is 1. The minimum absolute atomic E-state index is 0.319. The quantitative estimate of drug-likeness (QED) is 0.633. The zero-order valence-electron chi connectivity index (χ0n) is 13.8. The largest absolute Gasteiger partial charge is 0.480 e. The van der Waals surface area contributed by atoms with E-state index in [2.05, 4.69) is 10.6 Å². The third-order valence-electron chi connectivity index (χ3n) is 4.88. The number of aliphatic hydroxyl groups is 1. The molecule has 1 saturated heterocycles. The number of nitrogens with one attached hydrogen (secondary N) is 2. The van der Waals surface area contributed by atoms with Gasteiger partial charge in [-0.15, -0.1) is 0 Å². The highest BCUT2D eigenvalue weighted by molar-refractivity contribution is 7.99. The van der Waals surface area contributed by atoms with Gasteiger partial charge in [-0.2, -0.15) is 11.8 Å². The molecule has 0 aromatic heterocycles. The van der Waals surface area contributed by atoms with E-state index in [0.29, 0.717) is 35.6 Å². The van der Waals surface area contributed by atoms with E-state index in [9.17, 15) is 24.6 Å². The Morgan fingerprint density at radius 1 is 1.32 bits per heavy atom. The number of rotatable bonds is 4. The van der Waals surface area contributed by atoms with Crippen LogP contribution < -0.4 is 10.6 Å². The number of fused-ring (bicyclic) bond motifs is 1. The number of thioether (sulfide) groups is 1. The van der Waals surface area contributed by atoms with Gasteiger partial charge in [0.15, 0.2) is 5.60 Å². The lowest BCUT2D eigenvalue weighted by Gasteiger charge is -2.34. The number of hydrogen-bond donors (Lipinski definition) is 4. The van der Waals surface area contributed by atoms with Gasteiger partial charge in [0.2, 0.25) is 5.91 Å². The molecule has 0 spiro atoms. The van der Waals surface area contributed by atoms with Crippen molar-refractivity contribution in [2.75, 3.05) is 16.8 Å². The standard InChI is InChI=1S/C17H20N2O5S/c1-10-3-2-4-11-13(10)18-14(21)17(11,24)9-12(20)19-16(15(22)23)5-7-25-8-6-16/h2-4,24H,5-9H2,1H3,(H,18,21)(H,19,20)(H,22,23). The second-order valence-electron chi connectivity index (χ2n) is 6.54. The first-order chi connectivity index (χ1) is 11.8. The molecular formula is C17H20N2O5S. The first kappa shape index (κ1) is 17.8. The number of carboxylic acid groups (broad SMARTS) is 1. The third kappa shape index (κ3) is 3.00. The number of hydrogen-bond acceptors (Lipinski definition) is 5. The monoisotopic (exact) mass is 364 g/mol. The van der Waals surface area contributed by atoms with Crippen molar-refractivity contribution in [3.8, 4) is 0 Å². The van der Waals surface area contributed by atoms with E-state index in [4.69, 9.17) is 0 Å². The normalized spacial score (nSPS) is 24.3. The Balaban J connectivity index is 1.82. The SMILES string of the molecule is Cc1cccc2c1NC(=O)C2(O)CC(=O)NC1(C(=O)O)CCSCC1. The molecule has 1 fully saturated rings. The lowest BCUT2D eigenvalue weighted by molar-refractivity contribution is -0.150. The Morgan fingerprint density at radius 3 is 2.64 bits per heavy atom. The van der Waals surface area contributed by atoms with Gasteiger partial charge >= 0.3 is 5.97 Å². The van der Waals surface area contributed by atoms with E-state index in [-0.39, 0.29) is 0 Å². The van der Waals surface area contributed by atoms with E-state index in [1.54, 1.807) is 36.9 Å². The van der Waals surface area contributed by atoms with Crippen molar-refractivity contribution in [3.05, 3.63) is 29.3 Å². The number of para-hydroxylation sites is 1. The Hall–Kier alpha value is -2.06. The van der Waals surface area contributed by atoms with Gasteiger partial charge in [-0.25, -0.2) is 4.79 Å². The highest BCUT2D eigenvalue weighted by Crippen LogP contribution is 2.40. The maximum atomic E-state index is 12.5. The molecule has 134 valence electrons. The van der Waals surface area contributed by atoms with Gasteiger partial charge < -0.3 is 20.8 Å². The Kier molecular flexibility index (Phi) is 4.51. The molecule has 1 atom stereocenters. The smallest absolute Gasteiger partial charge is 0.329 e. The summed E-state index contributed by atoms with van der Waals surface area (Å²) in [6.45, 7) is 1.80. The molecule has 3 rings (SSSR count). The van der Waals surface area contributed by atoms with Crippen molar-refractivity contribution >= 4 is 35.2 Å². The summed E-state index contributed by atoms with van der Waals surface area (Å²) in [5.41, 5.74) is -1.69. The fraction of sp³-hybridized carbons (Fsp3) is 0.471. The molecule has 1 aromatic carbocycles. The van der Waals surface area contributed by atoms with E-state index in [1.165, 1.54) is 0 Å². The van der Waals surface area contributed by atoms with Gasteiger partial charge in [-0.3, -0.25) is 9.59 Å². The van der Waals surface area contributed by atoms with Crippen LogP contribution in [0.4, 0.5) is 5.69 Å². The van der Waals surface area contributed by atoms with Crippen LogP contribution in [0.2, 0.25) is 0 Å². The fourth-order valence-corrected chi connectivity index (χ4v) is 4.54. The van der Waals surface area contributed by atoms with Crippen molar-refractivity contribution in [1.29, 1.82) is 0 Å². The first-order valence-corrected chi connectivity index (χ1v) is 9.20. The Labute approximate surface area is 149 Å². The van der Waals surface area contributed by atoms with Crippen LogP contribution in [-0.4, -0.2) is 45.0 Å². The first-order valence-electron chi connectivity index (χ1n) is 8.05. The summed E-state index contributed by atoms with van der Waals surface area (Å²) in [5.74, 6) is -1.13. The van der Waals surface area contributed by atoms with Crippen molar-refractivity contribution in [2.45, 2.75) is 37.3 Å². The molecule has 0 saturated carbocycles. The molecule has 2 amide bonds. The number of aliphatic carboxylic acids is 1. The average Bonchev–Trinajstić information content (AvgIpc) is 2.81. The lowest BCUT2D eigenvalue weighted by Crippen LogP contribution is -2.57. The molecule has 0 aliphatic carbocycles. The molecule has 1 aromatic rings. The highest BCUT2D eigenvalue weighted by atomic mass is 32.2. The average molecular weight is 364 g/mol. The van der Waals surface area contributed by atoms with Crippen LogP contribution in [0.5, 0.6) is 0 Å². The van der Waals surface area contributed by atoms with E-state index < -0.39 is 35.3 Å². The summed E-state index contributed by atoms with van der Waals surface area (Å²) < 4.78 is 0. The van der Waals surface area contributed by atoms with E-state index >= 15 is 0 Å². The number of benzene rings is 1. The Morgan fingerprint density at radius 2 is 2.00 bits per heavy atom. The maximum Gasteiger partial charge on any atom is 0.329 e.